The highest BCUT2D eigenvalue weighted by Gasteiger charge is 2.44. The lowest BCUT2D eigenvalue weighted by Gasteiger charge is -2.28. The van der Waals surface area contributed by atoms with Gasteiger partial charge in [0.25, 0.3) is 0 Å². The van der Waals surface area contributed by atoms with Crippen LogP contribution in [-0.2, 0) is 68.8 Å². The molecule has 0 bridgehead atoms. The van der Waals surface area contributed by atoms with Gasteiger partial charge in [0, 0.05) is 41.7 Å². The molecule has 2 heterocycles. The number of hydrogen-bond acceptors (Lipinski definition) is 12. The Kier molecular flexibility index (Phi) is 13.8. The smallest absolute Gasteiger partial charge is 0.355 e. The van der Waals surface area contributed by atoms with Gasteiger partial charge < -0.3 is 39.1 Å². The van der Waals surface area contributed by atoms with E-state index < -0.39 is 47.7 Å². The molecule has 5 aromatic carbocycles. The van der Waals surface area contributed by atoms with Gasteiger partial charge in [0.1, 0.15) is 23.8 Å². The normalized spacial score (nSPS) is 14.6. The van der Waals surface area contributed by atoms with E-state index in [0.717, 1.165) is 27.1 Å². The Morgan fingerprint density at radius 3 is 1.91 bits per heavy atom. The minimum Gasteiger partial charge on any atom is -0.507 e. The second-order valence-electron chi connectivity index (χ2n) is 15.8. The molecule has 1 aliphatic rings. The van der Waals surface area contributed by atoms with Crippen molar-refractivity contribution in [3.05, 3.63) is 142 Å². The van der Waals surface area contributed by atoms with E-state index in [0.29, 0.717) is 33.5 Å². The fourth-order valence-corrected chi connectivity index (χ4v) is 8.48. The number of aromatic amines is 1. The second kappa shape index (κ2) is 19.8. The van der Waals surface area contributed by atoms with Gasteiger partial charge in [-0.3, -0.25) is 24.0 Å². The molecule has 6 aromatic rings. The van der Waals surface area contributed by atoms with Crippen molar-refractivity contribution in [2.45, 2.75) is 64.0 Å². The number of carbonyl (C=O) groups is 6. The SMILES string of the molecule is COC(=O)CCC1=C(CC(=O)Oc2ccc3ccccc3c2-c2c(O)ccc3ccccc23)[C@](C)(Cc2[nH]c(C(=O)OCc3ccccc3)c(CCC(=O)OC)c2CC(=O)OC)NC1=O. The molecule has 0 unspecified atom stereocenters. The molecule has 0 saturated carbocycles. The average Bonchev–Trinajstić information content (AvgIpc) is 3.76. The summed E-state index contributed by atoms with van der Waals surface area (Å²) in [6, 6.07) is 31.0. The number of phenolic OH excluding ortho intramolecular Hbond substituents is 1. The zero-order chi connectivity index (χ0) is 46.3. The van der Waals surface area contributed by atoms with Crippen molar-refractivity contribution in [2.75, 3.05) is 21.3 Å². The highest BCUT2D eigenvalue weighted by atomic mass is 16.5. The summed E-state index contributed by atoms with van der Waals surface area (Å²) < 4.78 is 26.8. The maximum absolute atomic E-state index is 14.5. The summed E-state index contributed by atoms with van der Waals surface area (Å²) in [6.07, 6.45) is -1.27. The van der Waals surface area contributed by atoms with Gasteiger partial charge in [0.15, 0.2) is 0 Å². The van der Waals surface area contributed by atoms with Gasteiger partial charge in [-0.2, -0.15) is 0 Å². The Hall–Kier alpha value is -7.74. The minimum atomic E-state index is -1.37. The Bertz CT molecular complexity index is 2860. The maximum atomic E-state index is 14.5. The van der Waals surface area contributed by atoms with Crippen LogP contribution in [0, 0.1) is 0 Å². The molecule has 1 aromatic heterocycles. The van der Waals surface area contributed by atoms with Gasteiger partial charge in [-0.25, -0.2) is 4.79 Å². The van der Waals surface area contributed by atoms with Gasteiger partial charge in [-0.15, -0.1) is 0 Å². The number of aromatic hydroxyl groups is 1. The van der Waals surface area contributed by atoms with E-state index in [1.54, 1.807) is 49.4 Å². The number of fused-ring (bicyclic) bond motifs is 2. The molecule has 7 rings (SSSR count). The van der Waals surface area contributed by atoms with Crippen LogP contribution in [0.25, 0.3) is 32.7 Å². The molecule has 14 heteroatoms. The Balaban J connectivity index is 1.29. The number of ether oxygens (including phenoxy) is 5. The lowest BCUT2D eigenvalue weighted by Crippen LogP contribution is -2.44. The first-order valence-corrected chi connectivity index (χ1v) is 21.0. The first-order valence-electron chi connectivity index (χ1n) is 21.0. The highest BCUT2D eigenvalue weighted by Crippen LogP contribution is 2.46. The summed E-state index contributed by atoms with van der Waals surface area (Å²) in [5, 5.41) is 17.5. The summed E-state index contributed by atoms with van der Waals surface area (Å²) in [6.45, 7) is 1.63. The van der Waals surface area contributed by atoms with Crippen LogP contribution in [0.3, 0.4) is 0 Å². The fraction of sp³-hybridized carbons (Fsp3) is 0.255. The number of methoxy groups -OCH3 is 3. The van der Waals surface area contributed by atoms with Crippen LogP contribution in [0.5, 0.6) is 11.5 Å². The van der Waals surface area contributed by atoms with Crippen molar-refractivity contribution < 1.29 is 57.6 Å². The Morgan fingerprint density at radius 2 is 1.25 bits per heavy atom. The largest absolute Gasteiger partial charge is 0.507 e. The summed E-state index contributed by atoms with van der Waals surface area (Å²) in [7, 11) is 3.69. The van der Waals surface area contributed by atoms with Crippen molar-refractivity contribution in [2.24, 2.45) is 0 Å². The van der Waals surface area contributed by atoms with Crippen LogP contribution in [0.1, 0.15) is 65.5 Å². The average molecular weight is 881 g/mol. The molecular formula is C51H48N2O12. The van der Waals surface area contributed by atoms with Crippen LogP contribution in [0.2, 0.25) is 0 Å². The number of hydrogen-bond donors (Lipinski definition) is 3. The van der Waals surface area contributed by atoms with Crippen LogP contribution in [0.4, 0.5) is 0 Å². The van der Waals surface area contributed by atoms with Crippen LogP contribution in [0.15, 0.2) is 114 Å². The van der Waals surface area contributed by atoms with Crippen molar-refractivity contribution in [1.29, 1.82) is 0 Å². The number of carbonyl (C=O) groups excluding carboxylic acids is 6. The van der Waals surface area contributed by atoms with Gasteiger partial charge in [-0.05, 0) is 75.7 Å². The molecule has 0 spiro atoms. The minimum absolute atomic E-state index is 0.0111. The maximum Gasteiger partial charge on any atom is 0.355 e. The Labute approximate surface area is 374 Å². The number of nitrogens with one attached hydrogen (secondary N) is 2. The molecule has 1 amide bonds. The topological polar surface area (TPSA) is 197 Å². The summed E-state index contributed by atoms with van der Waals surface area (Å²) in [5.41, 5.74) is 1.74. The molecule has 65 heavy (non-hydrogen) atoms. The molecule has 0 saturated heterocycles. The van der Waals surface area contributed by atoms with E-state index in [-0.39, 0.29) is 67.9 Å². The third-order valence-electron chi connectivity index (χ3n) is 11.7. The lowest BCUT2D eigenvalue weighted by atomic mass is 9.83. The third kappa shape index (κ3) is 9.91. The molecule has 3 N–H and O–H groups in total. The van der Waals surface area contributed by atoms with Gasteiger partial charge >= 0.3 is 29.8 Å². The first-order chi connectivity index (χ1) is 31.3. The molecule has 1 atom stereocenters. The number of rotatable bonds is 17. The zero-order valence-electron chi connectivity index (χ0n) is 36.4. The zero-order valence-corrected chi connectivity index (χ0v) is 36.4. The molecule has 14 nitrogen and oxygen atoms in total. The van der Waals surface area contributed by atoms with Gasteiger partial charge in [0.2, 0.25) is 5.91 Å². The number of esters is 5. The first kappa shape index (κ1) is 45.3. The van der Waals surface area contributed by atoms with Crippen LogP contribution in [-0.4, -0.2) is 72.7 Å². The number of benzene rings is 5. The fourth-order valence-electron chi connectivity index (χ4n) is 8.48. The predicted octanol–water partition coefficient (Wildman–Crippen LogP) is 7.55. The number of H-pyrrole nitrogens is 1. The van der Waals surface area contributed by atoms with Crippen molar-refractivity contribution in [1.82, 2.24) is 10.3 Å². The highest BCUT2D eigenvalue weighted by molar-refractivity contribution is 6.10. The van der Waals surface area contributed by atoms with Crippen molar-refractivity contribution in [3.8, 4) is 22.6 Å². The monoisotopic (exact) mass is 880 g/mol. The van der Waals surface area contributed by atoms with Crippen LogP contribution < -0.4 is 10.1 Å². The lowest BCUT2D eigenvalue weighted by molar-refractivity contribution is -0.141. The third-order valence-corrected chi connectivity index (χ3v) is 11.7. The summed E-state index contributed by atoms with van der Waals surface area (Å²) >= 11 is 0. The van der Waals surface area contributed by atoms with E-state index in [9.17, 15) is 33.9 Å². The molecule has 1 aliphatic heterocycles. The van der Waals surface area contributed by atoms with Gasteiger partial charge in [-0.1, -0.05) is 91.0 Å². The summed E-state index contributed by atoms with van der Waals surface area (Å²) in [4.78, 5) is 83.4. The quantitative estimate of drug-likeness (QED) is 0.0463. The number of aromatic nitrogens is 1. The van der Waals surface area contributed by atoms with E-state index >= 15 is 0 Å². The van der Waals surface area contributed by atoms with Crippen molar-refractivity contribution in [3.63, 3.8) is 0 Å². The molecule has 0 radical (unpaired) electrons. The van der Waals surface area contributed by atoms with Crippen LogP contribution >= 0.6 is 0 Å². The van der Waals surface area contributed by atoms with Gasteiger partial charge in [0.05, 0.1) is 39.7 Å². The molecular weight excluding hydrogens is 833 g/mol. The number of phenols is 1. The Morgan fingerprint density at radius 1 is 0.646 bits per heavy atom. The predicted molar refractivity (Wildman–Crippen MR) is 240 cm³/mol. The van der Waals surface area contributed by atoms with E-state index in [2.05, 4.69) is 10.3 Å². The van der Waals surface area contributed by atoms with E-state index in [4.69, 9.17) is 23.7 Å². The molecule has 0 aliphatic carbocycles. The molecule has 0 fully saturated rings. The standard InChI is InChI=1S/C51H48N2O12/c1-51(28-39-37(26-44(57)63-4)35(20-24-42(55)61-2)48(52-39)50(60)64-29-30-12-6-5-7-13-30)38(36(49(59)53-51)21-25-43(56)62-3)27-45(58)65-41-23-19-32-15-9-11-17-34(32)47(41)46-33-16-10-8-14-31(33)18-22-40(46)54/h5-19,22-23,52,54H,20-21,24-29H2,1-4H3,(H,53,59)/t51-/m0/s1. The van der Waals surface area contributed by atoms with E-state index in [1.165, 1.54) is 21.3 Å². The second-order valence-corrected chi connectivity index (χ2v) is 15.8. The van der Waals surface area contributed by atoms with Crippen molar-refractivity contribution >= 4 is 57.3 Å². The summed E-state index contributed by atoms with van der Waals surface area (Å²) in [5.74, 6) is -3.68. The number of amides is 1. The van der Waals surface area contributed by atoms with E-state index in [1.807, 2.05) is 60.7 Å². The molecule has 334 valence electrons.